The molecule has 0 bridgehead atoms. The molecule has 0 aromatic heterocycles. The Kier molecular flexibility index (Phi) is 8.58. The molecule has 0 radical (unpaired) electrons. The molecule has 0 saturated carbocycles. The average molecular weight is 657 g/mol. The van der Waals surface area contributed by atoms with Crippen molar-refractivity contribution in [1.29, 1.82) is 0 Å². The van der Waals surface area contributed by atoms with Crippen LogP contribution in [0.1, 0.15) is 105 Å². The lowest BCUT2D eigenvalue weighted by atomic mass is 9.78. The van der Waals surface area contributed by atoms with Crippen LogP contribution in [0.3, 0.4) is 0 Å². The van der Waals surface area contributed by atoms with Gasteiger partial charge in [0.2, 0.25) is 0 Å². The molecular weight excluding hydrogens is 601 g/mol. The van der Waals surface area contributed by atoms with Gasteiger partial charge in [0.1, 0.15) is 0 Å². The Balaban J connectivity index is 1.85. The van der Waals surface area contributed by atoms with Gasteiger partial charge in [0.15, 0.2) is 0 Å². The minimum absolute atomic E-state index is 0.00949. The first kappa shape index (κ1) is 35.4. The molecule has 0 unspecified atom stereocenters. The summed E-state index contributed by atoms with van der Waals surface area (Å²) in [4.78, 5) is 0. The van der Waals surface area contributed by atoms with E-state index in [0.717, 1.165) is 10.4 Å². The van der Waals surface area contributed by atoms with E-state index in [1.807, 2.05) is 0 Å². The van der Waals surface area contributed by atoms with Crippen molar-refractivity contribution < 1.29 is 0 Å². The van der Waals surface area contributed by atoms with Crippen LogP contribution in [-0.4, -0.2) is 0 Å². The summed E-state index contributed by atoms with van der Waals surface area (Å²) in [7, 11) is 0. The van der Waals surface area contributed by atoms with Gasteiger partial charge >= 0.3 is 0 Å². The summed E-state index contributed by atoms with van der Waals surface area (Å²) in [6, 6.07) is 36.7. The Morgan fingerprint density at radius 2 is 0.640 bits per heavy atom. The fourth-order valence-electron chi connectivity index (χ4n) is 7.17. The maximum absolute atomic E-state index is 4.92. The Morgan fingerprint density at radius 1 is 0.360 bits per heavy atom. The van der Waals surface area contributed by atoms with Gasteiger partial charge in [-0.3, -0.25) is 0 Å². The second-order valence-electron chi connectivity index (χ2n) is 18.6. The molecule has 0 aliphatic heterocycles. The van der Waals surface area contributed by atoms with Crippen molar-refractivity contribution in [3.05, 3.63) is 140 Å². The van der Waals surface area contributed by atoms with E-state index in [0.29, 0.717) is 0 Å². The summed E-state index contributed by atoms with van der Waals surface area (Å²) in [5.74, 6) is 0. The molecule has 0 heteroatoms. The van der Waals surface area contributed by atoms with Crippen molar-refractivity contribution in [3.63, 3.8) is 0 Å². The van der Waals surface area contributed by atoms with Gasteiger partial charge in [-0.25, -0.2) is 0 Å². The summed E-state index contributed by atoms with van der Waals surface area (Å²) in [6.45, 7) is 37.5. The number of hydrogen-bond donors (Lipinski definition) is 0. The second-order valence-corrected chi connectivity index (χ2v) is 18.6. The number of rotatable bonds is 2. The van der Waals surface area contributed by atoms with Crippen LogP contribution in [0.5, 0.6) is 0 Å². The third-order valence-corrected chi connectivity index (χ3v) is 10.5. The molecule has 0 spiro atoms. The smallest absolute Gasteiger partial charge is 0.00203 e. The number of hydrogen-bond acceptors (Lipinski definition) is 0. The first-order valence-electron chi connectivity index (χ1n) is 18.2. The highest BCUT2D eigenvalue weighted by Gasteiger charge is 2.23. The van der Waals surface area contributed by atoms with Crippen molar-refractivity contribution in [3.8, 4) is 22.3 Å². The van der Waals surface area contributed by atoms with Gasteiger partial charge in [-0.05, 0) is 121 Å². The van der Waals surface area contributed by atoms with Crippen molar-refractivity contribution in [2.24, 2.45) is 0 Å². The predicted molar refractivity (Wildman–Crippen MR) is 222 cm³/mol. The van der Waals surface area contributed by atoms with E-state index in [9.17, 15) is 0 Å². The van der Waals surface area contributed by atoms with Gasteiger partial charge in [-0.15, -0.1) is 0 Å². The van der Waals surface area contributed by atoms with E-state index in [2.05, 4.69) is 180 Å². The summed E-state index contributed by atoms with van der Waals surface area (Å²) < 4.78 is 0. The third kappa shape index (κ3) is 6.58. The van der Waals surface area contributed by atoms with Crippen LogP contribution < -0.4 is 10.4 Å². The van der Waals surface area contributed by atoms with Gasteiger partial charge < -0.3 is 0 Å². The van der Waals surface area contributed by atoms with Crippen LogP contribution in [0.2, 0.25) is 0 Å². The van der Waals surface area contributed by atoms with Crippen LogP contribution in [-0.2, 0) is 21.7 Å². The topological polar surface area (TPSA) is 0 Å². The van der Waals surface area contributed by atoms with Crippen LogP contribution in [0.25, 0.3) is 57.0 Å². The fourth-order valence-corrected chi connectivity index (χ4v) is 7.17. The summed E-state index contributed by atoms with van der Waals surface area (Å²) in [5, 5.41) is 9.25. The second kappa shape index (κ2) is 12.1. The normalized spacial score (nSPS) is 13.7. The first-order chi connectivity index (χ1) is 23.1. The zero-order valence-corrected chi connectivity index (χ0v) is 32.7. The summed E-state index contributed by atoms with van der Waals surface area (Å²) >= 11 is 0. The minimum atomic E-state index is 0.00949. The molecule has 6 aromatic carbocycles. The highest BCUT2D eigenvalue weighted by atomic mass is 14.3. The molecule has 0 nitrogen and oxygen atoms in total. The number of benzene rings is 6. The van der Waals surface area contributed by atoms with Gasteiger partial charge in [-0.2, -0.15) is 0 Å². The maximum atomic E-state index is 4.92. The van der Waals surface area contributed by atoms with E-state index in [1.165, 1.54) is 76.5 Å². The fraction of sp³-hybridized carbons (Fsp3) is 0.320. The quantitative estimate of drug-likeness (QED) is 0.174. The Morgan fingerprint density at radius 3 is 0.920 bits per heavy atom. The minimum Gasteiger partial charge on any atom is -0.0905 e. The molecule has 6 aromatic rings. The van der Waals surface area contributed by atoms with Crippen LogP contribution in [0.4, 0.5) is 0 Å². The SMILES string of the molecule is C=c1c(-c2cc(C(C)(C)C)cc(C(C)(C)C)c2)cc2ccccc2c1=c1c(=C)c(-c2cc(C(C)(C)C)cc(C(C)(C)C)c2)cc2ccccc12. The average Bonchev–Trinajstić information content (AvgIpc) is 3.03. The molecule has 0 heterocycles. The Labute approximate surface area is 300 Å². The van der Waals surface area contributed by atoms with E-state index >= 15 is 0 Å². The molecule has 0 aliphatic carbocycles. The molecule has 0 amide bonds. The summed E-state index contributed by atoms with van der Waals surface area (Å²) in [5.41, 5.74) is 10.2. The summed E-state index contributed by atoms with van der Waals surface area (Å²) in [6.07, 6.45) is 0. The van der Waals surface area contributed by atoms with Gasteiger partial charge in [0.05, 0.1) is 0 Å². The molecule has 0 saturated heterocycles. The lowest BCUT2D eigenvalue weighted by molar-refractivity contribution is 0.568. The van der Waals surface area contributed by atoms with Crippen LogP contribution in [0.15, 0.2) is 97.1 Å². The zero-order valence-electron chi connectivity index (χ0n) is 32.7. The largest absolute Gasteiger partial charge is 0.0905 e. The zero-order chi connectivity index (χ0) is 36.6. The molecule has 0 N–H and O–H groups in total. The van der Waals surface area contributed by atoms with Crippen molar-refractivity contribution in [1.82, 2.24) is 0 Å². The number of fused-ring (bicyclic) bond motifs is 2. The molecule has 0 aliphatic rings. The van der Waals surface area contributed by atoms with Crippen molar-refractivity contribution >= 4 is 34.7 Å². The van der Waals surface area contributed by atoms with E-state index in [4.69, 9.17) is 13.2 Å². The predicted octanol–water partition coefficient (Wildman–Crippen LogP) is 12.6. The highest BCUT2D eigenvalue weighted by molar-refractivity contribution is 5.93. The van der Waals surface area contributed by atoms with Crippen LogP contribution >= 0.6 is 0 Å². The molecule has 0 atom stereocenters. The van der Waals surface area contributed by atoms with E-state index < -0.39 is 0 Å². The third-order valence-electron chi connectivity index (χ3n) is 10.5. The molecule has 50 heavy (non-hydrogen) atoms. The molecule has 256 valence electrons. The van der Waals surface area contributed by atoms with E-state index in [-0.39, 0.29) is 21.7 Å². The van der Waals surface area contributed by atoms with Gasteiger partial charge in [0.25, 0.3) is 0 Å². The van der Waals surface area contributed by atoms with Gasteiger partial charge in [0, 0.05) is 0 Å². The molecular formula is C50H56. The monoisotopic (exact) mass is 656 g/mol. The standard InChI is InChI=1S/C50H56/c1-31-43(35-23-37(47(3,4)5)29-38(24-35)48(6,7)8)27-33-19-15-17-21-41(33)45(31)46-32(2)44(28-34-20-16-18-22-42(34)46)36-25-39(49(9,10)11)30-40(26-36)50(12,13)14/h15-30H,1-2H2,3-14H3. The van der Waals surface area contributed by atoms with Crippen LogP contribution in [0, 0.1) is 10.4 Å². The highest BCUT2D eigenvalue weighted by Crippen LogP contribution is 2.36. The van der Waals surface area contributed by atoms with Crippen molar-refractivity contribution in [2.75, 3.05) is 0 Å². The van der Waals surface area contributed by atoms with Gasteiger partial charge in [-0.1, -0.05) is 181 Å². The lowest BCUT2D eigenvalue weighted by Crippen LogP contribution is -2.18. The van der Waals surface area contributed by atoms with Crippen molar-refractivity contribution in [2.45, 2.75) is 105 Å². The first-order valence-corrected chi connectivity index (χ1v) is 18.2. The Hall–Kier alpha value is -4.42. The molecule has 6 rings (SSSR count). The maximum Gasteiger partial charge on any atom is -0.00203 e. The Bertz CT molecular complexity index is 2240. The molecule has 0 fully saturated rings. The van der Waals surface area contributed by atoms with E-state index in [1.54, 1.807) is 0 Å². The lowest BCUT2D eigenvalue weighted by Gasteiger charge is -2.26.